The van der Waals surface area contributed by atoms with Crippen molar-refractivity contribution in [3.8, 4) is 0 Å². The Hall–Kier alpha value is -2.28. The molecule has 0 saturated heterocycles. The number of benzene rings is 3. The number of alkyl halides is 2. The first kappa shape index (κ1) is 46.7. The van der Waals surface area contributed by atoms with Gasteiger partial charge in [0.15, 0.2) is 0 Å². The normalized spacial score (nSPS) is 10.1. The molecule has 0 unspecified atom stereocenters. The van der Waals surface area contributed by atoms with Crippen LogP contribution in [0, 0.1) is 0 Å². The smallest absolute Gasteiger partial charge is 0.0205 e. The molecule has 0 bridgehead atoms. The molecule has 3 aromatic carbocycles. The Labute approximate surface area is 318 Å². The van der Waals surface area contributed by atoms with Gasteiger partial charge in [0.1, 0.15) is 0 Å². The molecule has 0 aromatic heterocycles. The zero-order chi connectivity index (χ0) is 34.9. The first-order valence-corrected chi connectivity index (χ1v) is 20.2. The van der Waals surface area contributed by atoms with E-state index in [-0.39, 0.29) is 7.43 Å². The molecule has 0 aliphatic carbocycles. The summed E-state index contributed by atoms with van der Waals surface area (Å²) in [6.07, 6.45) is 21.8. The Morgan fingerprint density at radius 1 is 0.449 bits per heavy atom. The van der Waals surface area contributed by atoms with E-state index in [1.807, 2.05) is 42.5 Å². The highest BCUT2D eigenvalue weighted by Crippen LogP contribution is 2.09. The third-order valence-electron chi connectivity index (χ3n) is 8.01. The number of unbranched alkanes of at least 4 members (excludes halogenated alkanes) is 10. The number of hydrogen-bond donors (Lipinski definition) is 3. The van der Waals surface area contributed by atoms with Crippen LogP contribution in [0.3, 0.4) is 0 Å². The molecule has 0 amide bonds. The van der Waals surface area contributed by atoms with Crippen molar-refractivity contribution in [1.29, 1.82) is 0 Å². The van der Waals surface area contributed by atoms with Crippen LogP contribution in [0.5, 0.6) is 0 Å². The zero-order valence-corrected chi connectivity index (χ0v) is 32.7. The molecule has 0 fully saturated rings. The Morgan fingerprint density at radius 2 is 0.735 bits per heavy atom. The van der Waals surface area contributed by atoms with Gasteiger partial charge in [-0.05, 0) is 72.2 Å². The lowest BCUT2D eigenvalue weighted by Crippen LogP contribution is -2.15. The number of nitrogens with one attached hydrogen (secondary N) is 2. The molecular weight excluding hydrogens is 730 g/mol. The van der Waals surface area contributed by atoms with Crippen LogP contribution in [0.25, 0.3) is 18.2 Å². The minimum atomic E-state index is 0. The van der Waals surface area contributed by atoms with E-state index in [0.29, 0.717) is 6.54 Å². The summed E-state index contributed by atoms with van der Waals surface area (Å²) in [5, 5.41) is 9.42. The SMILES string of the molecule is BrCCCCCCCCBr.C.C=Cc1ccc(CN)cc1.C=Cc1ccc(CNCCCCCCCCNCc2ccc(C=C)cc2)cc1. The second-order valence-electron chi connectivity index (χ2n) is 12.0. The maximum Gasteiger partial charge on any atom is 0.0205 e. The van der Waals surface area contributed by atoms with Crippen LogP contribution in [-0.2, 0) is 19.6 Å². The lowest BCUT2D eigenvalue weighted by molar-refractivity contribution is 0.549. The second kappa shape index (κ2) is 34.2. The van der Waals surface area contributed by atoms with Crippen molar-refractivity contribution in [3.63, 3.8) is 0 Å². The van der Waals surface area contributed by atoms with Crippen molar-refractivity contribution in [2.24, 2.45) is 5.73 Å². The van der Waals surface area contributed by atoms with Crippen LogP contribution in [0.4, 0.5) is 0 Å². The average Bonchev–Trinajstić information content (AvgIpc) is 3.14. The zero-order valence-electron chi connectivity index (χ0n) is 29.5. The summed E-state index contributed by atoms with van der Waals surface area (Å²) in [5.41, 5.74) is 12.8. The van der Waals surface area contributed by atoms with E-state index in [4.69, 9.17) is 5.73 Å². The van der Waals surface area contributed by atoms with Gasteiger partial charge in [0.2, 0.25) is 0 Å². The number of nitrogens with two attached hydrogens (primary N) is 1. The van der Waals surface area contributed by atoms with Gasteiger partial charge in [0.25, 0.3) is 0 Å². The number of halogens is 2. The van der Waals surface area contributed by atoms with Gasteiger partial charge in [-0.3, -0.25) is 0 Å². The topological polar surface area (TPSA) is 50.1 Å². The summed E-state index contributed by atoms with van der Waals surface area (Å²) in [4.78, 5) is 0. The fraction of sp³-hybridized carbons (Fsp3) is 0.455. The van der Waals surface area contributed by atoms with Crippen LogP contribution in [0.2, 0.25) is 0 Å². The highest BCUT2D eigenvalue weighted by Gasteiger charge is 1.96. The minimum absolute atomic E-state index is 0. The third kappa shape index (κ3) is 26.2. The van der Waals surface area contributed by atoms with Gasteiger partial charge in [-0.25, -0.2) is 0 Å². The van der Waals surface area contributed by atoms with Crippen molar-refractivity contribution in [2.75, 3.05) is 23.7 Å². The standard InChI is InChI=1S/C26H36N2.C9H11N.C8H16Br2.CH4/c1-3-23-11-15-25(16-12-23)21-27-19-9-7-5-6-8-10-20-28-22-26-17-13-24(4-2)14-18-26;1-2-8-3-5-9(7-10)6-4-8;9-7-5-3-1-2-4-6-8-10;/h3-4,11-18,27-28H,1-2,5-10,19-22H2;2-6H,1,7,10H2;1-8H2;1H4. The van der Waals surface area contributed by atoms with E-state index in [1.165, 1.54) is 110 Å². The van der Waals surface area contributed by atoms with Gasteiger partial charge in [-0.15, -0.1) is 0 Å². The molecule has 0 atom stereocenters. The quantitative estimate of drug-likeness (QED) is 0.0625. The molecule has 0 saturated carbocycles. The van der Waals surface area contributed by atoms with Gasteiger partial charge in [-0.2, -0.15) is 0 Å². The summed E-state index contributed by atoms with van der Waals surface area (Å²) in [6, 6.07) is 25.2. The number of hydrogen-bond acceptors (Lipinski definition) is 3. The largest absolute Gasteiger partial charge is 0.326 e. The first-order valence-electron chi connectivity index (χ1n) is 18.0. The maximum atomic E-state index is 5.42. The summed E-state index contributed by atoms with van der Waals surface area (Å²) in [6.45, 7) is 16.0. The predicted molar refractivity (Wildman–Crippen MR) is 231 cm³/mol. The van der Waals surface area contributed by atoms with E-state index >= 15 is 0 Å². The van der Waals surface area contributed by atoms with Gasteiger partial charge in [0, 0.05) is 30.3 Å². The molecule has 0 aliphatic heterocycles. The molecular formula is C44H67Br2N3. The van der Waals surface area contributed by atoms with Crippen molar-refractivity contribution < 1.29 is 0 Å². The number of rotatable bonds is 24. The van der Waals surface area contributed by atoms with Crippen LogP contribution >= 0.6 is 31.9 Å². The van der Waals surface area contributed by atoms with Crippen molar-refractivity contribution in [3.05, 3.63) is 126 Å². The summed E-state index contributed by atoms with van der Waals surface area (Å²) < 4.78 is 0. The van der Waals surface area contributed by atoms with Crippen molar-refractivity contribution >= 4 is 50.1 Å². The highest BCUT2D eigenvalue weighted by atomic mass is 79.9. The summed E-state index contributed by atoms with van der Waals surface area (Å²) in [7, 11) is 0. The minimum Gasteiger partial charge on any atom is -0.326 e. The molecule has 5 heteroatoms. The van der Waals surface area contributed by atoms with E-state index in [1.54, 1.807) is 0 Å². The lowest BCUT2D eigenvalue weighted by Gasteiger charge is -2.07. The highest BCUT2D eigenvalue weighted by molar-refractivity contribution is 9.09. The van der Waals surface area contributed by atoms with Crippen molar-refractivity contribution in [1.82, 2.24) is 10.6 Å². The molecule has 3 nitrogen and oxygen atoms in total. The molecule has 4 N–H and O–H groups in total. The van der Waals surface area contributed by atoms with Crippen LogP contribution in [0.15, 0.2) is 92.5 Å². The van der Waals surface area contributed by atoms with Crippen LogP contribution < -0.4 is 16.4 Å². The monoisotopic (exact) mass is 795 g/mol. The van der Waals surface area contributed by atoms with Gasteiger partial charge in [0.05, 0.1) is 0 Å². The van der Waals surface area contributed by atoms with Gasteiger partial charge < -0.3 is 16.4 Å². The molecule has 3 rings (SSSR count). The molecule has 0 heterocycles. The molecule has 0 radical (unpaired) electrons. The fourth-order valence-electron chi connectivity index (χ4n) is 4.90. The Kier molecular flexibility index (Phi) is 32.6. The third-order valence-corrected chi connectivity index (χ3v) is 9.14. The van der Waals surface area contributed by atoms with E-state index in [2.05, 4.69) is 111 Å². The Bertz CT molecular complexity index is 1100. The van der Waals surface area contributed by atoms with E-state index in [0.717, 1.165) is 37.3 Å². The first-order chi connectivity index (χ1) is 23.6. The molecule has 0 aliphatic rings. The Balaban J connectivity index is 0.000000897. The molecule has 272 valence electrons. The van der Waals surface area contributed by atoms with Crippen LogP contribution in [-0.4, -0.2) is 23.7 Å². The molecule has 0 spiro atoms. The molecule has 3 aromatic rings. The summed E-state index contributed by atoms with van der Waals surface area (Å²) >= 11 is 6.85. The van der Waals surface area contributed by atoms with Gasteiger partial charge >= 0.3 is 0 Å². The lowest BCUT2D eigenvalue weighted by atomic mass is 10.1. The fourth-order valence-corrected chi connectivity index (χ4v) is 5.69. The second-order valence-corrected chi connectivity index (χ2v) is 13.6. The predicted octanol–water partition coefficient (Wildman–Crippen LogP) is 12.7. The van der Waals surface area contributed by atoms with Crippen LogP contribution in [0.1, 0.15) is 118 Å². The summed E-state index contributed by atoms with van der Waals surface area (Å²) in [5.74, 6) is 0. The average molecular weight is 798 g/mol. The molecule has 49 heavy (non-hydrogen) atoms. The van der Waals surface area contributed by atoms with Crippen molar-refractivity contribution in [2.45, 2.75) is 104 Å². The van der Waals surface area contributed by atoms with Gasteiger partial charge in [-0.1, -0.05) is 201 Å². The maximum absolute atomic E-state index is 5.42. The van der Waals surface area contributed by atoms with E-state index in [9.17, 15) is 0 Å². The van der Waals surface area contributed by atoms with E-state index < -0.39 is 0 Å². The Morgan fingerprint density at radius 3 is 1.02 bits per heavy atom.